The van der Waals surface area contributed by atoms with Crippen molar-refractivity contribution in [2.24, 2.45) is 0 Å². The van der Waals surface area contributed by atoms with E-state index in [1.54, 1.807) is 0 Å². The quantitative estimate of drug-likeness (QED) is 0.942. The van der Waals surface area contributed by atoms with Gasteiger partial charge in [0.15, 0.2) is 0 Å². The monoisotopic (exact) mass is 320 g/mol. The fourth-order valence-electron chi connectivity index (χ4n) is 2.75. The van der Waals surface area contributed by atoms with Crippen LogP contribution in [-0.2, 0) is 0 Å². The molecule has 122 valence electrons. The number of hydrogen-bond donors (Lipinski definition) is 1. The van der Waals surface area contributed by atoms with Crippen LogP contribution in [0.25, 0.3) is 0 Å². The number of anilines is 1. The minimum absolute atomic E-state index is 0.0239. The van der Waals surface area contributed by atoms with E-state index in [0.717, 1.165) is 32.1 Å². The molecule has 0 bridgehead atoms. The van der Waals surface area contributed by atoms with Gasteiger partial charge in [0, 0.05) is 31.0 Å². The topological polar surface area (TPSA) is 50.2 Å². The van der Waals surface area contributed by atoms with Crippen molar-refractivity contribution in [1.29, 1.82) is 0 Å². The molecule has 1 aliphatic rings. The molecular formula is C16H18F2N4O. The first-order chi connectivity index (χ1) is 11.1. The maximum atomic E-state index is 12.5. The standard InChI is InChI=1S/C16H18F2N4O/c17-16(18)22-11-8-14(20-22)15(23)19-12-6-9-21(10-7-12)13-4-2-1-3-5-13/h1-5,8,11-12,16H,6-7,9-10H2,(H,19,23). The number of alkyl halides is 2. The summed E-state index contributed by atoms with van der Waals surface area (Å²) >= 11 is 0. The smallest absolute Gasteiger partial charge is 0.333 e. The zero-order valence-corrected chi connectivity index (χ0v) is 12.5. The summed E-state index contributed by atoms with van der Waals surface area (Å²) in [5.41, 5.74) is 1.20. The van der Waals surface area contributed by atoms with E-state index in [9.17, 15) is 13.6 Å². The molecule has 0 radical (unpaired) electrons. The summed E-state index contributed by atoms with van der Waals surface area (Å²) in [6.07, 6.45) is 2.74. The molecule has 1 N–H and O–H groups in total. The third-order valence-electron chi connectivity index (χ3n) is 3.99. The summed E-state index contributed by atoms with van der Waals surface area (Å²) in [4.78, 5) is 14.3. The molecule has 0 atom stereocenters. The van der Waals surface area contributed by atoms with Crippen LogP contribution in [-0.4, -0.2) is 34.8 Å². The van der Waals surface area contributed by atoms with E-state index < -0.39 is 12.5 Å². The van der Waals surface area contributed by atoms with Crippen LogP contribution in [0.5, 0.6) is 0 Å². The lowest BCUT2D eigenvalue weighted by atomic mass is 10.0. The molecule has 0 aliphatic carbocycles. The van der Waals surface area contributed by atoms with Crippen LogP contribution in [0.15, 0.2) is 42.6 Å². The predicted molar refractivity (Wildman–Crippen MR) is 82.6 cm³/mol. The lowest BCUT2D eigenvalue weighted by Gasteiger charge is -2.33. The molecule has 0 unspecified atom stereocenters. The highest BCUT2D eigenvalue weighted by Crippen LogP contribution is 2.19. The number of amides is 1. The van der Waals surface area contributed by atoms with E-state index >= 15 is 0 Å². The molecule has 1 aliphatic heterocycles. The number of hydrogen-bond acceptors (Lipinski definition) is 3. The Kier molecular flexibility index (Phi) is 4.55. The summed E-state index contributed by atoms with van der Waals surface area (Å²) in [6.45, 7) is -1.04. The molecule has 1 aromatic carbocycles. The second-order valence-corrected chi connectivity index (χ2v) is 5.53. The van der Waals surface area contributed by atoms with E-state index in [-0.39, 0.29) is 11.7 Å². The van der Waals surface area contributed by atoms with Crippen molar-refractivity contribution in [1.82, 2.24) is 15.1 Å². The summed E-state index contributed by atoms with van der Waals surface area (Å²) in [7, 11) is 0. The van der Waals surface area contributed by atoms with Crippen molar-refractivity contribution in [3.05, 3.63) is 48.3 Å². The number of carbonyl (C=O) groups is 1. The van der Waals surface area contributed by atoms with Gasteiger partial charge in [-0.2, -0.15) is 13.9 Å². The number of para-hydroxylation sites is 1. The van der Waals surface area contributed by atoms with Gasteiger partial charge in [0.2, 0.25) is 0 Å². The van der Waals surface area contributed by atoms with Gasteiger partial charge in [-0.3, -0.25) is 4.79 Å². The van der Waals surface area contributed by atoms with Crippen LogP contribution >= 0.6 is 0 Å². The van der Waals surface area contributed by atoms with Gasteiger partial charge in [-0.05, 0) is 31.0 Å². The SMILES string of the molecule is O=C(NC1CCN(c2ccccc2)CC1)c1ccn(C(F)F)n1. The molecule has 3 rings (SSSR count). The Morgan fingerprint density at radius 2 is 1.87 bits per heavy atom. The Labute approximate surface area is 132 Å². The summed E-state index contributed by atoms with van der Waals surface area (Å²) in [5, 5.41) is 6.46. The fourth-order valence-corrected chi connectivity index (χ4v) is 2.75. The van der Waals surface area contributed by atoms with Gasteiger partial charge in [-0.1, -0.05) is 18.2 Å². The number of benzene rings is 1. The van der Waals surface area contributed by atoms with E-state index in [0.29, 0.717) is 4.68 Å². The minimum Gasteiger partial charge on any atom is -0.371 e. The molecule has 1 saturated heterocycles. The number of halogens is 2. The Morgan fingerprint density at radius 3 is 2.48 bits per heavy atom. The number of carbonyl (C=O) groups excluding carboxylic acids is 1. The van der Waals surface area contributed by atoms with Gasteiger partial charge in [0.25, 0.3) is 5.91 Å². The lowest BCUT2D eigenvalue weighted by Crippen LogP contribution is -2.44. The van der Waals surface area contributed by atoms with Crippen LogP contribution in [0.1, 0.15) is 29.9 Å². The molecular weight excluding hydrogens is 302 g/mol. The highest BCUT2D eigenvalue weighted by atomic mass is 19.3. The molecule has 1 amide bonds. The van der Waals surface area contributed by atoms with Crippen molar-refractivity contribution < 1.29 is 13.6 Å². The largest absolute Gasteiger partial charge is 0.371 e. The summed E-state index contributed by atoms with van der Waals surface area (Å²) < 4.78 is 25.4. The number of rotatable bonds is 4. The second kappa shape index (κ2) is 6.76. The first-order valence-electron chi connectivity index (χ1n) is 7.57. The van der Waals surface area contributed by atoms with E-state index in [2.05, 4.69) is 27.4 Å². The lowest BCUT2D eigenvalue weighted by molar-refractivity contribution is 0.0559. The van der Waals surface area contributed by atoms with Crippen LogP contribution < -0.4 is 10.2 Å². The Balaban J connectivity index is 1.53. The van der Waals surface area contributed by atoms with Crippen molar-refractivity contribution in [2.45, 2.75) is 25.4 Å². The van der Waals surface area contributed by atoms with Crippen LogP contribution in [0.4, 0.5) is 14.5 Å². The van der Waals surface area contributed by atoms with Crippen molar-refractivity contribution in [3.63, 3.8) is 0 Å². The molecule has 0 saturated carbocycles. The molecule has 23 heavy (non-hydrogen) atoms. The van der Waals surface area contributed by atoms with Crippen LogP contribution in [0, 0.1) is 0 Å². The van der Waals surface area contributed by atoms with Gasteiger partial charge in [-0.25, -0.2) is 4.68 Å². The zero-order chi connectivity index (χ0) is 16.2. The third kappa shape index (κ3) is 3.67. The number of nitrogens with zero attached hydrogens (tertiary/aromatic N) is 3. The Bertz CT molecular complexity index is 651. The zero-order valence-electron chi connectivity index (χ0n) is 12.5. The molecule has 0 spiro atoms. The van der Waals surface area contributed by atoms with E-state index in [1.807, 2.05) is 18.2 Å². The minimum atomic E-state index is -2.73. The molecule has 1 aromatic heterocycles. The summed E-state index contributed by atoms with van der Waals surface area (Å²) in [6, 6.07) is 11.5. The molecule has 7 heteroatoms. The average molecular weight is 320 g/mol. The number of piperidine rings is 1. The van der Waals surface area contributed by atoms with Gasteiger partial charge in [0.1, 0.15) is 5.69 Å². The first-order valence-corrected chi connectivity index (χ1v) is 7.57. The van der Waals surface area contributed by atoms with E-state index in [1.165, 1.54) is 11.8 Å². The third-order valence-corrected chi connectivity index (χ3v) is 3.99. The van der Waals surface area contributed by atoms with Gasteiger partial charge in [0.05, 0.1) is 0 Å². The Hall–Kier alpha value is -2.44. The number of aromatic nitrogens is 2. The van der Waals surface area contributed by atoms with Crippen molar-refractivity contribution in [2.75, 3.05) is 18.0 Å². The molecule has 5 nitrogen and oxygen atoms in total. The highest BCUT2D eigenvalue weighted by molar-refractivity contribution is 5.92. The highest BCUT2D eigenvalue weighted by Gasteiger charge is 2.22. The van der Waals surface area contributed by atoms with Crippen molar-refractivity contribution >= 4 is 11.6 Å². The molecule has 1 fully saturated rings. The normalized spacial score (nSPS) is 15.9. The Morgan fingerprint density at radius 1 is 1.17 bits per heavy atom. The van der Waals surface area contributed by atoms with Gasteiger partial charge in [-0.15, -0.1) is 0 Å². The predicted octanol–water partition coefficient (Wildman–Crippen LogP) is 2.68. The fraction of sp³-hybridized carbons (Fsp3) is 0.375. The van der Waals surface area contributed by atoms with Gasteiger partial charge >= 0.3 is 6.55 Å². The van der Waals surface area contributed by atoms with E-state index in [4.69, 9.17) is 0 Å². The second-order valence-electron chi connectivity index (χ2n) is 5.53. The average Bonchev–Trinajstić information content (AvgIpc) is 3.07. The molecule has 2 aromatic rings. The molecule has 2 heterocycles. The van der Waals surface area contributed by atoms with Crippen LogP contribution in [0.2, 0.25) is 0 Å². The maximum absolute atomic E-state index is 12.5. The maximum Gasteiger partial charge on any atom is 0.333 e. The number of nitrogens with one attached hydrogen (secondary N) is 1. The first kappa shape index (κ1) is 15.5. The van der Waals surface area contributed by atoms with Crippen LogP contribution in [0.3, 0.4) is 0 Å². The summed E-state index contributed by atoms with van der Waals surface area (Å²) in [5.74, 6) is -0.400. The van der Waals surface area contributed by atoms with Gasteiger partial charge < -0.3 is 10.2 Å². The van der Waals surface area contributed by atoms with Crippen molar-refractivity contribution in [3.8, 4) is 0 Å².